The molecule has 0 heterocycles. The monoisotopic (exact) mass is 1850 g/mol. The van der Waals surface area contributed by atoms with Crippen molar-refractivity contribution in [2.75, 3.05) is 39.6 Å². The number of hydrogen-bond donors (Lipinski definition) is 4. The van der Waals surface area contributed by atoms with Crippen LogP contribution < -0.4 is 0 Å². The second kappa shape index (κ2) is 102. The van der Waals surface area contributed by atoms with Crippen molar-refractivity contribution in [1.29, 1.82) is 0 Å². The lowest BCUT2D eigenvalue weighted by Crippen LogP contribution is -2.30. The first-order valence-corrected chi connectivity index (χ1v) is 55.8. The number of aliphatic hydroxyl groups excluding tert-OH is 2. The van der Waals surface area contributed by atoms with E-state index in [9.17, 15) is 43.5 Å². The van der Waals surface area contributed by atoms with Crippen LogP contribution in [0.25, 0.3) is 0 Å². The van der Waals surface area contributed by atoms with Gasteiger partial charge in [0.05, 0.1) is 26.4 Å². The number of esters is 3. The van der Waals surface area contributed by atoms with Gasteiger partial charge in [-0.15, -0.1) is 0 Å². The predicted molar refractivity (Wildman–Crippen MR) is 546 cm³/mol. The molecular formula is C111H194O16P2. The molecule has 0 aliphatic carbocycles. The Morgan fingerprint density at radius 1 is 0.225 bits per heavy atom. The Labute approximate surface area is 790 Å². The van der Waals surface area contributed by atoms with Gasteiger partial charge in [0.15, 0.2) is 6.10 Å². The van der Waals surface area contributed by atoms with Crippen LogP contribution in [-0.2, 0) is 55.8 Å². The molecule has 0 saturated carbocycles. The minimum absolute atomic E-state index is 0.0967. The minimum Gasteiger partial charge on any atom is -0.463 e. The van der Waals surface area contributed by atoms with Gasteiger partial charge in [-0.1, -0.05) is 455 Å². The zero-order valence-electron chi connectivity index (χ0n) is 82.6. The SMILES string of the molecule is CC/C=C\C/C=C\C/C=C\C/C=C\C/C=C\CCCCCCCCCCCCCCCCCCCCCC(=O)OCC(O)COP(=O)(O)OCC(O)COP(=O)(O)OCC(COC(=O)CCCCCCCCCCCCCCCCCCC/C=C\C/C=C\C/C=C\C/C=C\CCCCC)OC(=O)CCCCCCCCCCC/C=C\C/C=C\C/C=C\C/C=C\CCCCC. The second-order valence-corrected chi connectivity index (χ2v) is 38.2. The lowest BCUT2D eigenvalue weighted by Gasteiger charge is -2.21. The van der Waals surface area contributed by atoms with Crippen LogP contribution in [0.15, 0.2) is 158 Å². The Kier molecular flexibility index (Phi) is 98.3. The number of hydrogen-bond acceptors (Lipinski definition) is 14. The molecule has 744 valence electrons. The van der Waals surface area contributed by atoms with Crippen LogP contribution in [0.4, 0.5) is 0 Å². The molecule has 0 saturated heterocycles. The average molecular weight is 1850 g/mol. The molecule has 5 atom stereocenters. The summed E-state index contributed by atoms with van der Waals surface area (Å²) in [5.41, 5.74) is 0. The maximum atomic E-state index is 13.1. The van der Waals surface area contributed by atoms with E-state index in [0.29, 0.717) is 19.3 Å². The maximum absolute atomic E-state index is 13.1. The van der Waals surface area contributed by atoms with Crippen molar-refractivity contribution in [2.45, 2.75) is 489 Å². The summed E-state index contributed by atoms with van der Waals surface area (Å²) in [7, 11) is -9.82. The fourth-order valence-corrected chi connectivity index (χ4v) is 16.3. The van der Waals surface area contributed by atoms with E-state index in [1.165, 1.54) is 270 Å². The number of unbranched alkanes of at least 4 members (excludes halogenated alkanes) is 51. The number of phosphoric acid groups is 2. The molecule has 0 bridgehead atoms. The first-order valence-electron chi connectivity index (χ1n) is 52.8. The molecule has 0 spiro atoms. The molecule has 0 aliphatic rings. The summed E-state index contributed by atoms with van der Waals surface area (Å²) in [6.07, 6.45) is 133. The van der Waals surface area contributed by atoms with Crippen molar-refractivity contribution < 1.29 is 75.8 Å². The van der Waals surface area contributed by atoms with Crippen molar-refractivity contribution in [3.63, 3.8) is 0 Å². The van der Waals surface area contributed by atoms with Crippen molar-refractivity contribution >= 4 is 33.6 Å². The summed E-state index contributed by atoms with van der Waals surface area (Å²) in [5, 5.41) is 20.8. The molecule has 0 aromatic carbocycles. The summed E-state index contributed by atoms with van der Waals surface area (Å²) in [5.74, 6) is -1.56. The molecule has 0 rings (SSSR count). The quantitative estimate of drug-likeness (QED) is 0.0146. The van der Waals surface area contributed by atoms with E-state index in [0.717, 1.165) is 141 Å². The van der Waals surface area contributed by atoms with Gasteiger partial charge in [-0.2, -0.15) is 0 Å². The highest BCUT2D eigenvalue weighted by Crippen LogP contribution is 2.45. The topological polar surface area (TPSA) is 231 Å². The van der Waals surface area contributed by atoms with Gasteiger partial charge in [0.25, 0.3) is 0 Å². The second-order valence-electron chi connectivity index (χ2n) is 35.3. The van der Waals surface area contributed by atoms with E-state index in [1.54, 1.807) is 0 Å². The van der Waals surface area contributed by atoms with Gasteiger partial charge in [-0.25, -0.2) is 9.13 Å². The third kappa shape index (κ3) is 104. The van der Waals surface area contributed by atoms with Crippen LogP contribution in [0, 0.1) is 0 Å². The van der Waals surface area contributed by atoms with E-state index in [1.807, 2.05) is 0 Å². The Balaban J connectivity index is 4.55. The number of rotatable bonds is 100. The molecular weight excluding hydrogens is 1650 g/mol. The molecule has 18 heteroatoms. The van der Waals surface area contributed by atoms with Gasteiger partial charge in [-0.3, -0.25) is 32.5 Å². The largest absolute Gasteiger partial charge is 0.472 e. The third-order valence-corrected chi connectivity index (χ3v) is 24.6. The highest BCUT2D eigenvalue weighted by molar-refractivity contribution is 7.47. The lowest BCUT2D eigenvalue weighted by molar-refractivity contribution is -0.161. The zero-order chi connectivity index (χ0) is 93.5. The van der Waals surface area contributed by atoms with Gasteiger partial charge >= 0.3 is 33.6 Å². The highest BCUT2D eigenvalue weighted by Gasteiger charge is 2.30. The molecule has 0 aromatic rings. The number of carbonyl (C=O) groups is 3. The Morgan fingerprint density at radius 3 is 0.651 bits per heavy atom. The lowest BCUT2D eigenvalue weighted by atomic mass is 10.0. The zero-order valence-corrected chi connectivity index (χ0v) is 84.4. The average Bonchev–Trinajstić information content (AvgIpc) is 0.895. The van der Waals surface area contributed by atoms with Crippen LogP contribution in [0.2, 0.25) is 0 Å². The van der Waals surface area contributed by atoms with E-state index in [-0.39, 0.29) is 19.3 Å². The van der Waals surface area contributed by atoms with Crippen molar-refractivity contribution in [3.05, 3.63) is 158 Å². The summed E-state index contributed by atoms with van der Waals surface area (Å²) in [4.78, 5) is 59.2. The molecule has 0 amide bonds. The number of allylic oxidation sites excluding steroid dienone is 26. The molecule has 5 unspecified atom stereocenters. The Morgan fingerprint density at radius 2 is 0.411 bits per heavy atom. The Hall–Kier alpha value is -4.83. The summed E-state index contributed by atoms with van der Waals surface area (Å²) in [6, 6.07) is 0. The molecule has 129 heavy (non-hydrogen) atoms. The first-order chi connectivity index (χ1) is 63.2. The summed E-state index contributed by atoms with van der Waals surface area (Å²) >= 11 is 0. The first kappa shape index (κ1) is 124. The van der Waals surface area contributed by atoms with Crippen molar-refractivity contribution in [1.82, 2.24) is 0 Å². The van der Waals surface area contributed by atoms with Gasteiger partial charge < -0.3 is 34.2 Å². The molecule has 0 aromatic heterocycles. The number of ether oxygens (including phenoxy) is 3. The predicted octanol–water partition coefficient (Wildman–Crippen LogP) is 33.6. The van der Waals surface area contributed by atoms with Crippen molar-refractivity contribution in [3.8, 4) is 0 Å². The van der Waals surface area contributed by atoms with Crippen molar-refractivity contribution in [2.24, 2.45) is 0 Å². The molecule has 4 N–H and O–H groups in total. The third-order valence-electron chi connectivity index (χ3n) is 22.7. The molecule has 0 fully saturated rings. The van der Waals surface area contributed by atoms with Gasteiger partial charge in [-0.05, 0) is 154 Å². The number of phosphoric ester groups is 2. The van der Waals surface area contributed by atoms with Gasteiger partial charge in [0.2, 0.25) is 0 Å². The highest BCUT2D eigenvalue weighted by atomic mass is 31.2. The fourth-order valence-electron chi connectivity index (χ4n) is 14.7. The molecule has 16 nitrogen and oxygen atoms in total. The van der Waals surface area contributed by atoms with Crippen LogP contribution in [0.5, 0.6) is 0 Å². The van der Waals surface area contributed by atoms with Gasteiger partial charge in [0, 0.05) is 19.3 Å². The normalized spacial score (nSPS) is 14.3. The molecule has 0 aliphatic heterocycles. The van der Waals surface area contributed by atoms with E-state index in [4.69, 9.17) is 32.3 Å². The van der Waals surface area contributed by atoms with Crippen LogP contribution in [0.1, 0.15) is 470 Å². The van der Waals surface area contributed by atoms with E-state index < -0.39 is 91.5 Å². The Bertz CT molecular complexity index is 2980. The summed E-state index contributed by atoms with van der Waals surface area (Å²) < 4.78 is 61.7. The van der Waals surface area contributed by atoms with Crippen LogP contribution in [0.3, 0.4) is 0 Å². The minimum atomic E-state index is -4.95. The molecule has 0 radical (unpaired) electrons. The smallest absolute Gasteiger partial charge is 0.463 e. The number of aliphatic hydroxyl groups is 2. The standard InChI is InChI=1S/C111H194O16P2/c1-4-7-10-13-16-19-22-25-28-31-34-37-40-43-45-47-49-51-52-54-56-57-59-62-64-67-70-73-76-79-82-85-88-91-94-97-109(114)121-100-106(112)101-123-128(117,118)124-102-107(113)103-125-129(119,120)126-105-108(127-111(116)99-96-93-90-87-84-81-78-75-72-69-66-61-42-39-36-33-30-27-24-21-18-15-12-9-6-3)104-122-110(115)98-95-92-89-86-83-80-77-74-71-68-65-63-60-58-55-53-50-48-46-44-41-38-35-32-29-26-23-20-17-14-11-8-5-2/h7,10,16-21,25-30,34-39,43-46,61,66,106-108,112-113H,4-6,8-9,11-15,22-24,31-33,40-42,47-60,62-65,67-105H2,1-3H3,(H,117,118)(H,119,120)/b10-7-,19-16-,20-17-,21-18-,28-25-,29-26-,30-27-,37-34-,38-35-,39-36-,45-43-,46-44-,66-61-. The maximum Gasteiger partial charge on any atom is 0.472 e. The van der Waals surface area contributed by atoms with E-state index in [2.05, 4.69) is 179 Å². The van der Waals surface area contributed by atoms with E-state index >= 15 is 0 Å². The van der Waals surface area contributed by atoms with Crippen LogP contribution >= 0.6 is 15.6 Å². The van der Waals surface area contributed by atoms with Crippen LogP contribution in [-0.4, -0.2) is 95.9 Å². The number of carbonyl (C=O) groups excluding carboxylic acids is 3. The summed E-state index contributed by atoms with van der Waals surface area (Å²) in [6.45, 7) is 2.60. The fraction of sp³-hybridized carbons (Fsp3) is 0.739. The van der Waals surface area contributed by atoms with Gasteiger partial charge in [0.1, 0.15) is 25.4 Å².